The molecule has 2 heterocycles. The van der Waals surface area contributed by atoms with Crippen molar-refractivity contribution in [2.75, 3.05) is 11.9 Å². The molecule has 0 unspecified atom stereocenters. The van der Waals surface area contributed by atoms with Crippen molar-refractivity contribution in [2.45, 2.75) is 26.2 Å². The number of para-hydroxylation sites is 1. The summed E-state index contributed by atoms with van der Waals surface area (Å²) in [5, 5.41) is 9.52. The van der Waals surface area contributed by atoms with Crippen molar-refractivity contribution in [3.8, 4) is 16.9 Å². The standard InChI is InChI=1S/C20H19Cl2N3/c1-12(2)13-6-3-4-9-17(13)25-20-15(10-11-23-20)19(24-25)14-7-5-8-16(21)18(14)22/h3-9,12,23H,10-11H2,1-2H3. The summed E-state index contributed by atoms with van der Waals surface area (Å²) in [7, 11) is 0. The van der Waals surface area contributed by atoms with Crippen LogP contribution in [0.15, 0.2) is 42.5 Å². The minimum atomic E-state index is 0.413. The maximum absolute atomic E-state index is 6.46. The molecule has 0 amide bonds. The molecule has 5 heteroatoms. The van der Waals surface area contributed by atoms with Gasteiger partial charge in [0.05, 0.1) is 21.4 Å². The van der Waals surface area contributed by atoms with Gasteiger partial charge >= 0.3 is 0 Å². The second-order valence-corrected chi connectivity index (χ2v) is 7.36. The van der Waals surface area contributed by atoms with Crippen LogP contribution >= 0.6 is 23.2 Å². The predicted octanol–water partition coefficient (Wildman–Crippen LogP) is 5.94. The molecule has 1 aliphatic heterocycles. The first kappa shape index (κ1) is 16.5. The molecule has 0 saturated carbocycles. The summed E-state index contributed by atoms with van der Waals surface area (Å²) < 4.78 is 2.02. The van der Waals surface area contributed by atoms with Gasteiger partial charge in [-0.2, -0.15) is 5.10 Å². The van der Waals surface area contributed by atoms with Crippen molar-refractivity contribution in [3.63, 3.8) is 0 Å². The average Bonchev–Trinajstić information content (AvgIpc) is 3.20. The van der Waals surface area contributed by atoms with E-state index in [1.807, 2.05) is 16.8 Å². The molecule has 1 aromatic heterocycles. The van der Waals surface area contributed by atoms with E-state index in [0.717, 1.165) is 35.7 Å². The van der Waals surface area contributed by atoms with Crippen LogP contribution in [0.4, 0.5) is 5.82 Å². The van der Waals surface area contributed by atoms with Crippen molar-refractivity contribution in [3.05, 3.63) is 63.6 Å². The van der Waals surface area contributed by atoms with Gasteiger partial charge in [-0.05, 0) is 30.0 Å². The van der Waals surface area contributed by atoms with Gasteiger partial charge in [-0.1, -0.05) is 67.4 Å². The Bertz CT molecular complexity index is 944. The van der Waals surface area contributed by atoms with Crippen LogP contribution in [0.3, 0.4) is 0 Å². The Morgan fingerprint density at radius 1 is 1.08 bits per heavy atom. The monoisotopic (exact) mass is 371 g/mol. The topological polar surface area (TPSA) is 29.9 Å². The highest BCUT2D eigenvalue weighted by molar-refractivity contribution is 6.43. The van der Waals surface area contributed by atoms with Crippen molar-refractivity contribution >= 4 is 29.0 Å². The molecular weight excluding hydrogens is 353 g/mol. The SMILES string of the molecule is CC(C)c1ccccc1-n1nc(-c2cccc(Cl)c2Cl)c2c1NCC2. The highest BCUT2D eigenvalue weighted by Gasteiger charge is 2.26. The van der Waals surface area contributed by atoms with Crippen molar-refractivity contribution < 1.29 is 0 Å². The number of rotatable bonds is 3. The first-order valence-electron chi connectivity index (χ1n) is 8.47. The number of anilines is 1. The first-order chi connectivity index (χ1) is 12.1. The molecule has 3 aromatic rings. The van der Waals surface area contributed by atoms with Gasteiger partial charge in [0.1, 0.15) is 5.82 Å². The van der Waals surface area contributed by atoms with Crippen molar-refractivity contribution in [2.24, 2.45) is 0 Å². The largest absolute Gasteiger partial charge is 0.369 e. The Kier molecular flexibility index (Phi) is 4.22. The fraction of sp³-hybridized carbons (Fsp3) is 0.250. The Morgan fingerprint density at radius 2 is 1.88 bits per heavy atom. The number of hydrogen-bond acceptors (Lipinski definition) is 2. The molecule has 0 saturated heterocycles. The number of nitrogens with one attached hydrogen (secondary N) is 1. The zero-order valence-corrected chi connectivity index (χ0v) is 15.7. The normalized spacial score (nSPS) is 13.2. The van der Waals surface area contributed by atoms with E-state index < -0.39 is 0 Å². The number of fused-ring (bicyclic) bond motifs is 1. The lowest BCUT2D eigenvalue weighted by Gasteiger charge is -2.14. The molecule has 1 aliphatic rings. The minimum Gasteiger partial charge on any atom is -0.369 e. The van der Waals surface area contributed by atoms with Gasteiger partial charge in [0, 0.05) is 17.7 Å². The molecule has 0 atom stereocenters. The molecule has 1 N–H and O–H groups in total. The first-order valence-corrected chi connectivity index (χ1v) is 9.23. The molecule has 0 aliphatic carbocycles. The van der Waals surface area contributed by atoms with Crippen LogP contribution in [0.2, 0.25) is 10.0 Å². The number of nitrogens with zero attached hydrogens (tertiary/aromatic N) is 2. The van der Waals surface area contributed by atoms with E-state index in [0.29, 0.717) is 16.0 Å². The number of benzene rings is 2. The Balaban J connectivity index is 1.95. The molecule has 25 heavy (non-hydrogen) atoms. The lowest BCUT2D eigenvalue weighted by atomic mass is 10.0. The Labute approximate surface area is 157 Å². The van der Waals surface area contributed by atoms with E-state index >= 15 is 0 Å². The molecule has 0 spiro atoms. The molecular formula is C20H19Cl2N3. The third-order valence-corrected chi connectivity index (χ3v) is 5.46. The van der Waals surface area contributed by atoms with Crippen LogP contribution in [0.1, 0.15) is 30.9 Å². The summed E-state index contributed by atoms with van der Waals surface area (Å²) in [5.41, 5.74) is 5.36. The fourth-order valence-electron chi connectivity index (χ4n) is 3.42. The zero-order chi connectivity index (χ0) is 17.6. The summed E-state index contributed by atoms with van der Waals surface area (Å²) in [6.07, 6.45) is 0.928. The number of hydrogen-bond donors (Lipinski definition) is 1. The van der Waals surface area contributed by atoms with E-state index in [4.69, 9.17) is 28.3 Å². The van der Waals surface area contributed by atoms with Crippen LogP contribution in [-0.2, 0) is 6.42 Å². The highest BCUT2D eigenvalue weighted by atomic mass is 35.5. The maximum Gasteiger partial charge on any atom is 0.133 e. The molecule has 0 bridgehead atoms. The Morgan fingerprint density at radius 3 is 2.68 bits per heavy atom. The van der Waals surface area contributed by atoms with Crippen molar-refractivity contribution in [1.29, 1.82) is 0 Å². The van der Waals surface area contributed by atoms with Crippen LogP contribution in [0, 0.1) is 0 Å². The molecule has 2 aromatic carbocycles. The number of halogens is 2. The van der Waals surface area contributed by atoms with Gasteiger partial charge in [0.25, 0.3) is 0 Å². The van der Waals surface area contributed by atoms with Crippen LogP contribution < -0.4 is 5.32 Å². The van der Waals surface area contributed by atoms with E-state index in [-0.39, 0.29) is 0 Å². The third-order valence-electron chi connectivity index (χ3n) is 4.64. The second-order valence-electron chi connectivity index (χ2n) is 6.58. The third kappa shape index (κ3) is 2.72. The maximum atomic E-state index is 6.46. The van der Waals surface area contributed by atoms with Gasteiger partial charge in [0.15, 0.2) is 0 Å². The molecule has 128 valence electrons. The predicted molar refractivity (Wildman–Crippen MR) is 105 cm³/mol. The van der Waals surface area contributed by atoms with Crippen LogP contribution in [0.25, 0.3) is 16.9 Å². The fourth-order valence-corrected chi connectivity index (χ4v) is 3.81. The highest BCUT2D eigenvalue weighted by Crippen LogP contribution is 2.40. The van der Waals surface area contributed by atoms with Gasteiger partial charge in [-0.15, -0.1) is 0 Å². The smallest absolute Gasteiger partial charge is 0.133 e. The molecule has 4 rings (SSSR count). The summed E-state index contributed by atoms with van der Waals surface area (Å²) in [4.78, 5) is 0. The van der Waals surface area contributed by atoms with Crippen LogP contribution in [0.5, 0.6) is 0 Å². The molecule has 3 nitrogen and oxygen atoms in total. The van der Waals surface area contributed by atoms with E-state index in [1.54, 1.807) is 6.07 Å². The Hall–Kier alpha value is -1.97. The van der Waals surface area contributed by atoms with Gasteiger partial charge < -0.3 is 5.32 Å². The van der Waals surface area contributed by atoms with Gasteiger partial charge in [-0.25, -0.2) is 4.68 Å². The van der Waals surface area contributed by atoms with Gasteiger partial charge in [0.2, 0.25) is 0 Å². The molecule has 0 radical (unpaired) electrons. The molecule has 0 fully saturated rings. The van der Waals surface area contributed by atoms with E-state index in [2.05, 4.69) is 43.4 Å². The van der Waals surface area contributed by atoms with E-state index in [1.165, 1.54) is 11.1 Å². The lowest BCUT2D eigenvalue weighted by Crippen LogP contribution is -2.07. The lowest BCUT2D eigenvalue weighted by molar-refractivity contribution is 0.812. The summed E-state index contributed by atoms with van der Waals surface area (Å²) in [5.74, 6) is 1.47. The number of aromatic nitrogens is 2. The van der Waals surface area contributed by atoms with Crippen LogP contribution in [-0.4, -0.2) is 16.3 Å². The summed E-state index contributed by atoms with van der Waals surface area (Å²) in [6.45, 7) is 5.30. The van der Waals surface area contributed by atoms with Crippen molar-refractivity contribution in [1.82, 2.24) is 9.78 Å². The summed E-state index contributed by atoms with van der Waals surface area (Å²) in [6, 6.07) is 14.1. The quantitative estimate of drug-likeness (QED) is 0.617. The zero-order valence-electron chi connectivity index (χ0n) is 14.2. The minimum absolute atomic E-state index is 0.413. The van der Waals surface area contributed by atoms with Gasteiger partial charge in [-0.3, -0.25) is 0 Å². The second kappa shape index (κ2) is 6.40. The summed E-state index contributed by atoms with van der Waals surface area (Å²) >= 11 is 12.7. The van der Waals surface area contributed by atoms with E-state index in [9.17, 15) is 0 Å². The average molecular weight is 372 g/mol.